The molecule has 1 aromatic carbocycles. The third kappa shape index (κ3) is 3.15. The van der Waals surface area contributed by atoms with E-state index in [1.54, 1.807) is 30.5 Å². The molecule has 0 amide bonds. The van der Waals surface area contributed by atoms with E-state index in [4.69, 9.17) is 34.3 Å². The van der Waals surface area contributed by atoms with Crippen LogP contribution in [0.4, 0.5) is 0 Å². The lowest BCUT2D eigenvalue weighted by Gasteiger charge is -2.06. The Morgan fingerprint density at radius 2 is 2.00 bits per heavy atom. The van der Waals surface area contributed by atoms with Crippen molar-refractivity contribution in [2.45, 2.75) is 0 Å². The van der Waals surface area contributed by atoms with Gasteiger partial charge in [0.2, 0.25) is 0 Å². The van der Waals surface area contributed by atoms with Crippen molar-refractivity contribution in [1.82, 2.24) is 4.98 Å². The minimum absolute atomic E-state index is 0.238. The van der Waals surface area contributed by atoms with Crippen LogP contribution in [-0.4, -0.2) is 9.97 Å². The molecule has 0 atom stereocenters. The van der Waals surface area contributed by atoms with Crippen LogP contribution < -0.4 is 10.5 Å². The largest absolute Gasteiger partial charge is 0.457 e. The first-order valence-corrected chi connectivity index (χ1v) is 5.63. The zero-order chi connectivity index (χ0) is 12.3. The SMILES string of the molecule is NC(=S)c1cc(Oc2cccc(Cl)c2)ccn1. The Kier molecular flexibility index (Phi) is 3.56. The summed E-state index contributed by atoms with van der Waals surface area (Å²) < 4.78 is 5.61. The summed E-state index contributed by atoms with van der Waals surface area (Å²) >= 11 is 10.7. The van der Waals surface area contributed by atoms with Crippen LogP contribution in [-0.2, 0) is 0 Å². The molecule has 0 bridgehead atoms. The molecule has 0 aliphatic rings. The van der Waals surface area contributed by atoms with Gasteiger partial charge in [-0.2, -0.15) is 0 Å². The normalized spacial score (nSPS) is 9.94. The molecular formula is C12H9ClN2OS. The van der Waals surface area contributed by atoms with Crippen molar-refractivity contribution in [2.24, 2.45) is 5.73 Å². The molecule has 0 saturated carbocycles. The van der Waals surface area contributed by atoms with E-state index in [2.05, 4.69) is 4.98 Å². The van der Waals surface area contributed by atoms with E-state index in [1.165, 1.54) is 0 Å². The minimum atomic E-state index is 0.238. The minimum Gasteiger partial charge on any atom is -0.457 e. The lowest BCUT2D eigenvalue weighted by molar-refractivity contribution is 0.482. The molecule has 1 heterocycles. The van der Waals surface area contributed by atoms with Crippen molar-refractivity contribution < 1.29 is 4.74 Å². The van der Waals surface area contributed by atoms with E-state index < -0.39 is 0 Å². The number of hydrogen-bond donors (Lipinski definition) is 1. The fourth-order valence-corrected chi connectivity index (χ4v) is 1.57. The molecule has 0 radical (unpaired) electrons. The van der Waals surface area contributed by atoms with Gasteiger partial charge in [0.1, 0.15) is 22.2 Å². The molecule has 0 saturated heterocycles. The molecule has 5 heteroatoms. The second-order valence-corrected chi connectivity index (χ2v) is 4.18. The summed E-state index contributed by atoms with van der Waals surface area (Å²) in [5.41, 5.74) is 6.02. The van der Waals surface area contributed by atoms with Crippen LogP contribution in [0, 0.1) is 0 Å². The first kappa shape index (κ1) is 11.8. The average molecular weight is 265 g/mol. The van der Waals surface area contributed by atoms with Gasteiger partial charge in [0.05, 0.1) is 0 Å². The van der Waals surface area contributed by atoms with Gasteiger partial charge in [-0.1, -0.05) is 29.9 Å². The Labute approximate surface area is 109 Å². The van der Waals surface area contributed by atoms with E-state index in [9.17, 15) is 0 Å². The molecule has 2 N–H and O–H groups in total. The molecule has 17 heavy (non-hydrogen) atoms. The summed E-state index contributed by atoms with van der Waals surface area (Å²) in [6.45, 7) is 0. The average Bonchev–Trinajstić information content (AvgIpc) is 2.29. The number of benzene rings is 1. The van der Waals surface area contributed by atoms with E-state index in [0.717, 1.165) is 0 Å². The Morgan fingerprint density at radius 3 is 2.71 bits per heavy atom. The van der Waals surface area contributed by atoms with Crippen molar-refractivity contribution in [1.29, 1.82) is 0 Å². The van der Waals surface area contributed by atoms with Gasteiger partial charge in [-0.05, 0) is 24.3 Å². The Bertz CT molecular complexity index is 560. The van der Waals surface area contributed by atoms with Crippen LogP contribution >= 0.6 is 23.8 Å². The molecule has 0 spiro atoms. The highest BCUT2D eigenvalue weighted by Crippen LogP contribution is 2.24. The summed E-state index contributed by atoms with van der Waals surface area (Å²) in [5, 5.41) is 0.617. The zero-order valence-electron chi connectivity index (χ0n) is 8.76. The standard InChI is InChI=1S/C12H9ClN2OS/c13-8-2-1-3-9(6-8)16-10-4-5-15-11(7-10)12(14)17/h1-7H,(H2,14,17). The van der Waals surface area contributed by atoms with Gasteiger partial charge in [-0.25, -0.2) is 0 Å². The molecule has 0 aliphatic heterocycles. The van der Waals surface area contributed by atoms with E-state index in [0.29, 0.717) is 22.2 Å². The van der Waals surface area contributed by atoms with E-state index in [1.807, 2.05) is 12.1 Å². The number of nitrogens with zero attached hydrogens (tertiary/aromatic N) is 1. The number of halogens is 1. The molecule has 0 aliphatic carbocycles. The first-order chi connectivity index (χ1) is 8.15. The first-order valence-electron chi connectivity index (χ1n) is 4.84. The Hall–Kier alpha value is -1.65. The van der Waals surface area contributed by atoms with Crippen LogP contribution in [0.2, 0.25) is 5.02 Å². The van der Waals surface area contributed by atoms with Crippen molar-refractivity contribution in [3.8, 4) is 11.5 Å². The Balaban J connectivity index is 2.24. The number of ether oxygens (including phenoxy) is 1. The highest BCUT2D eigenvalue weighted by atomic mass is 35.5. The molecule has 3 nitrogen and oxygen atoms in total. The van der Waals surface area contributed by atoms with Gasteiger partial charge in [0, 0.05) is 17.3 Å². The monoisotopic (exact) mass is 264 g/mol. The fraction of sp³-hybridized carbons (Fsp3) is 0. The van der Waals surface area contributed by atoms with E-state index >= 15 is 0 Å². The predicted octanol–water partition coefficient (Wildman–Crippen LogP) is 3.16. The van der Waals surface area contributed by atoms with Gasteiger partial charge in [-0.15, -0.1) is 0 Å². The smallest absolute Gasteiger partial charge is 0.131 e. The predicted molar refractivity (Wildman–Crippen MR) is 71.7 cm³/mol. The number of aromatic nitrogens is 1. The second-order valence-electron chi connectivity index (χ2n) is 3.30. The summed E-state index contributed by atoms with van der Waals surface area (Å²) in [6, 6.07) is 10.5. The zero-order valence-corrected chi connectivity index (χ0v) is 10.3. The van der Waals surface area contributed by atoms with Crippen LogP contribution in [0.1, 0.15) is 5.69 Å². The quantitative estimate of drug-likeness (QED) is 0.865. The second kappa shape index (κ2) is 5.12. The van der Waals surface area contributed by atoms with Gasteiger partial charge >= 0.3 is 0 Å². The summed E-state index contributed by atoms with van der Waals surface area (Å²) in [7, 11) is 0. The van der Waals surface area contributed by atoms with Crippen molar-refractivity contribution in [3.05, 3.63) is 53.3 Å². The Morgan fingerprint density at radius 1 is 1.24 bits per heavy atom. The van der Waals surface area contributed by atoms with Crippen molar-refractivity contribution in [3.63, 3.8) is 0 Å². The fourth-order valence-electron chi connectivity index (χ4n) is 1.28. The summed E-state index contributed by atoms with van der Waals surface area (Å²) in [4.78, 5) is 4.26. The maximum Gasteiger partial charge on any atom is 0.131 e. The number of nitrogens with two attached hydrogens (primary N) is 1. The number of thiocarbonyl (C=S) groups is 1. The molecule has 0 unspecified atom stereocenters. The molecule has 2 rings (SSSR count). The lowest BCUT2D eigenvalue weighted by Crippen LogP contribution is -2.11. The molecule has 86 valence electrons. The van der Waals surface area contributed by atoms with Crippen LogP contribution in [0.25, 0.3) is 0 Å². The van der Waals surface area contributed by atoms with Gasteiger partial charge in [-0.3, -0.25) is 4.98 Å². The van der Waals surface area contributed by atoms with Crippen molar-refractivity contribution in [2.75, 3.05) is 0 Å². The number of rotatable bonds is 3. The van der Waals surface area contributed by atoms with Gasteiger partial charge in [0.15, 0.2) is 0 Å². The van der Waals surface area contributed by atoms with Crippen LogP contribution in [0.3, 0.4) is 0 Å². The summed E-state index contributed by atoms with van der Waals surface area (Å²) in [5.74, 6) is 1.27. The van der Waals surface area contributed by atoms with Gasteiger partial charge < -0.3 is 10.5 Å². The number of hydrogen-bond acceptors (Lipinski definition) is 3. The highest BCUT2D eigenvalue weighted by Gasteiger charge is 2.02. The molecule has 2 aromatic rings. The topological polar surface area (TPSA) is 48.1 Å². The number of pyridine rings is 1. The highest BCUT2D eigenvalue weighted by molar-refractivity contribution is 7.80. The summed E-state index contributed by atoms with van der Waals surface area (Å²) in [6.07, 6.45) is 1.59. The molecule has 0 fully saturated rings. The third-order valence-electron chi connectivity index (χ3n) is 2.02. The maximum atomic E-state index is 5.86. The lowest BCUT2D eigenvalue weighted by atomic mass is 10.3. The molecule has 1 aromatic heterocycles. The maximum absolute atomic E-state index is 5.86. The van der Waals surface area contributed by atoms with Crippen LogP contribution in [0.15, 0.2) is 42.6 Å². The van der Waals surface area contributed by atoms with Gasteiger partial charge in [0.25, 0.3) is 0 Å². The third-order valence-corrected chi connectivity index (χ3v) is 2.46. The van der Waals surface area contributed by atoms with Crippen LogP contribution in [0.5, 0.6) is 11.5 Å². The van der Waals surface area contributed by atoms with Crippen molar-refractivity contribution >= 4 is 28.8 Å². The molecular weight excluding hydrogens is 256 g/mol. The van der Waals surface area contributed by atoms with E-state index in [-0.39, 0.29) is 4.99 Å².